The molecule has 1 heterocycles. The molecule has 8 heteroatoms. The van der Waals surface area contributed by atoms with E-state index in [2.05, 4.69) is 5.32 Å². The zero-order valence-electron chi connectivity index (χ0n) is 14.0. The van der Waals surface area contributed by atoms with Crippen LogP contribution < -0.4 is 11.0 Å². The highest BCUT2D eigenvalue weighted by Gasteiger charge is 2.28. The first-order valence-corrected chi connectivity index (χ1v) is 8.25. The zero-order valence-corrected chi connectivity index (χ0v) is 14.0. The number of aliphatic carboxylic acids is 2. The molecule has 0 saturated heterocycles. The summed E-state index contributed by atoms with van der Waals surface area (Å²) in [6, 6.07) is -2.10. The van der Waals surface area contributed by atoms with Crippen molar-refractivity contribution in [1.82, 2.24) is 14.5 Å². The molecule has 24 heavy (non-hydrogen) atoms. The molecule has 0 spiro atoms. The molecule has 134 valence electrons. The Bertz CT molecular complexity index is 644. The van der Waals surface area contributed by atoms with Gasteiger partial charge in [-0.3, -0.25) is 24.0 Å². The number of nitrogens with zero attached hydrogens (tertiary/aromatic N) is 2. The topological polar surface area (TPSA) is 114 Å². The molecule has 0 unspecified atom stereocenters. The molecule has 1 fully saturated rings. The van der Waals surface area contributed by atoms with E-state index in [0.717, 1.165) is 12.8 Å². The molecule has 1 aliphatic carbocycles. The maximum atomic E-state index is 12.3. The SMILES string of the molecule is CC(C)C[C@H](N[C@@H](Cn1ccn(CC2CC2)c1=O)C(=O)O)C(=O)O. The van der Waals surface area contributed by atoms with Crippen LogP contribution in [-0.4, -0.2) is 43.4 Å². The van der Waals surface area contributed by atoms with Gasteiger partial charge in [0.05, 0.1) is 6.54 Å². The molecule has 0 bridgehead atoms. The van der Waals surface area contributed by atoms with Gasteiger partial charge < -0.3 is 10.2 Å². The Balaban J connectivity index is 2.07. The molecule has 0 amide bonds. The fourth-order valence-corrected chi connectivity index (χ4v) is 2.66. The average Bonchev–Trinajstić information content (AvgIpc) is 3.23. The molecule has 0 radical (unpaired) electrons. The van der Waals surface area contributed by atoms with Crippen LogP contribution in [0.25, 0.3) is 0 Å². The smallest absolute Gasteiger partial charge is 0.328 e. The summed E-state index contributed by atoms with van der Waals surface area (Å²) in [5.74, 6) is -1.62. The molecular weight excluding hydrogens is 314 g/mol. The van der Waals surface area contributed by atoms with Gasteiger partial charge in [-0.2, -0.15) is 0 Å². The van der Waals surface area contributed by atoms with E-state index in [9.17, 15) is 24.6 Å². The fraction of sp³-hybridized carbons (Fsp3) is 0.688. The highest BCUT2D eigenvalue weighted by molar-refractivity contribution is 5.77. The summed E-state index contributed by atoms with van der Waals surface area (Å²) >= 11 is 0. The number of hydrogen-bond donors (Lipinski definition) is 3. The highest BCUT2D eigenvalue weighted by Crippen LogP contribution is 2.29. The van der Waals surface area contributed by atoms with Crippen LogP contribution in [0.15, 0.2) is 17.2 Å². The maximum absolute atomic E-state index is 12.3. The standard InChI is InChI=1S/C16H25N3O5/c1-10(2)7-12(14(20)21)17-13(15(22)23)9-19-6-5-18(16(19)24)8-11-3-4-11/h5-6,10-13,17H,3-4,7-9H2,1-2H3,(H,20,21)(H,22,23)/t12-,13-/m0/s1. The van der Waals surface area contributed by atoms with Crippen molar-refractivity contribution in [3.63, 3.8) is 0 Å². The lowest BCUT2D eigenvalue weighted by atomic mass is 10.0. The fourth-order valence-electron chi connectivity index (χ4n) is 2.66. The normalized spacial score (nSPS) is 17.0. The lowest BCUT2D eigenvalue weighted by Gasteiger charge is -2.21. The summed E-state index contributed by atoms with van der Waals surface area (Å²) in [6.45, 7) is 4.29. The highest BCUT2D eigenvalue weighted by atomic mass is 16.4. The van der Waals surface area contributed by atoms with E-state index in [1.807, 2.05) is 13.8 Å². The van der Waals surface area contributed by atoms with E-state index in [0.29, 0.717) is 18.9 Å². The van der Waals surface area contributed by atoms with E-state index in [1.54, 1.807) is 17.0 Å². The number of hydrogen-bond acceptors (Lipinski definition) is 4. The van der Waals surface area contributed by atoms with Crippen LogP contribution in [0.5, 0.6) is 0 Å². The number of imidazole rings is 1. The largest absolute Gasteiger partial charge is 0.480 e. The van der Waals surface area contributed by atoms with Gasteiger partial charge in [0.1, 0.15) is 12.1 Å². The molecule has 2 atom stereocenters. The number of carboxylic acids is 2. The molecule has 1 aromatic heterocycles. The second-order valence-corrected chi connectivity index (χ2v) is 6.91. The van der Waals surface area contributed by atoms with Gasteiger partial charge in [0.25, 0.3) is 0 Å². The molecule has 1 aromatic rings. The van der Waals surface area contributed by atoms with E-state index >= 15 is 0 Å². The number of aromatic nitrogens is 2. The minimum atomic E-state index is -1.17. The van der Waals surface area contributed by atoms with Crippen molar-refractivity contribution in [1.29, 1.82) is 0 Å². The predicted molar refractivity (Wildman–Crippen MR) is 86.9 cm³/mol. The molecule has 3 N–H and O–H groups in total. The third kappa shape index (κ3) is 4.95. The van der Waals surface area contributed by atoms with E-state index < -0.39 is 24.0 Å². The lowest BCUT2D eigenvalue weighted by molar-refractivity contribution is -0.143. The van der Waals surface area contributed by atoms with Crippen LogP contribution in [0, 0.1) is 11.8 Å². The molecule has 0 aromatic carbocycles. The monoisotopic (exact) mass is 339 g/mol. The number of rotatable bonds is 10. The van der Waals surface area contributed by atoms with Crippen molar-refractivity contribution in [3.8, 4) is 0 Å². The Morgan fingerprint density at radius 3 is 2.25 bits per heavy atom. The van der Waals surface area contributed by atoms with Crippen LogP contribution in [0.1, 0.15) is 33.1 Å². The Morgan fingerprint density at radius 1 is 1.17 bits per heavy atom. The van der Waals surface area contributed by atoms with E-state index in [-0.39, 0.29) is 18.2 Å². The van der Waals surface area contributed by atoms with Gasteiger partial charge in [0.15, 0.2) is 0 Å². The van der Waals surface area contributed by atoms with Crippen LogP contribution >= 0.6 is 0 Å². The molecule has 1 saturated carbocycles. The van der Waals surface area contributed by atoms with Crippen molar-refractivity contribution < 1.29 is 19.8 Å². The van der Waals surface area contributed by atoms with Gasteiger partial charge in [0.2, 0.25) is 0 Å². The molecule has 0 aliphatic heterocycles. The average molecular weight is 339 g/mol. The summed E-state index contributed by atoms with van der Waals surface area (Å²) in [5.41, 5.74) is -0.259. The second kappa shape index (κ2) is 7.65. The molecule has 1 aliphatic rings. The quantitative estimate of drug-likeness (QED) is 0.575. The lowest BCUT2D eigenvalue weighted by Crippen LogP contribution is -2.50. The van der Waals surface area contributed by atoms with Gasteiger partial charge in [0, 0.05) is 18.9 Å². The number of carboxylic acid groups (broad SMARTS) is 2. The molecule has 2 rings (SSSR count). The van der Waals surface area contributed by atoms with E-state index in [4.69, 9.17) is 0 Å². The van der Waals surface area contributed by atoms with Gasteiger partial charge in [-0.25, -0.2) is 4.79 Å². The van der Waals surface area contributed by atoms with Crippen LogP contribution in [0.2, 0.25) is 0 Å². The van der Waals surface area contributed by atoms with Gasteiger partial charge in [-0.1, -0.05) is 13.8 Å². The first-order valence-electron chi connectivity index (χ1n) is 8.25. The van der Waals surface area contributed by atoms with Crippen molar-refractivity contribution in [3.05, 3.63) is 22.9 Å². The van der Waals surface area contributed by atoms with Crippen molar-refractivity contribution >= 4 is 11.9 Å². The first-order chi connectivity index (χ1) is 11.3. The summed E-state index contributed by atoms with van der Waals surface area (Å²) in [6.07, 6.45) is 5.76. The summed E-state index contributed by atoms with van der Waals surface area (Å²) in [5, 5.41) is 21.3. The minimum absolute atomic E-state index is 0.103. The summed E-state index contributed by atoms with van der Waals surface area (Å²) in [4.78, 5) is 35.1. The Kier molecular flexibility index (Phi) is 5.82. The van der Waals surface area contributed by atoms with E-state index in [1.165, 1.54) is 4.57 Å². The third-order valence-electron chi connectivity index (χ3n) is 4.15. The van der Waals surface area contributed by atoms with Gasteiger partial charge >= 0.3 is 17.6 Å². The van der Waals surface area contributed by atoms with Crippen molar-refractivity contribution in [2.45, 2.75) is 58.3 Å². The Hall–Kier alpha value is -2.09. The maximum Gasteiger partial charge on any atom is 0.328 e. The summed E-state index contributed by atoms with van der Waals surface area (Å²) in [7, 11) is 0. The van der Waals surface area contributed by atoms with Crippen molar-refractivity contribution in [2.75, 3.05) is 0 Å². The number of carbonyl (C=O) groups is 2. The predicted octanol–water partition coefficient (Wildman–Crippen LogP) is 0.602. The van der Waals surface area contributed by atoms with Gasteiger partial charge in [-0.05, 0) is 31.1 Å². The Labute approximate surface area is 140 Å². The zero-order chi connectivity index (χ0) is 17.9. The number of nitrogens with one attached hydrogen (secondary N) is 1. The molecular formula is C16H25N3O5. The Morgan fingerprint density at radius 2 is 1.75 bits per heavy atom. The van der Waals surface area contributed by atoms with Crippen LogP contribution in [-0.2, 0) is 22.7 Å². The van der Waals surface area contributed by atoms with Gasteiger partial charge in [-0.15, -0.1) is 0 Å². The minimum Gasteiger partial charge on any atom is -0.480 e. The summed E-state index contributed by atoms with van der Waals surface area (Å²) < 4.78 is 2.90. The second-order valence-electron chi connectivity index (χ2n) is 6.91. The third-order valence-corrected chi connectivity index (χ3v) is 4.15. The first kappa shape index (κ1) is 18.3. The van der Waals surface area contributed by atoms with Crippen LogP contribution in [0.3, 0.4) is 0 Å². The van der Waals surface area contributed by atoms with Crippen molar-refractivity contribution in [2.24, 2.45) is 11.8 Å². The molecule has 8 nitrogen and oxygen atoms in total. The van der Waals surface area contributed by atoms with Crippen LogP contribution in [0.4, 0.5) is 0 Å².